The predicted octanol–water partition coefficient (Wildman–Crippen LogP) is 4.04. The SMILES string of the molecule is Cc1cccc(NC(=O)NCc2cn3cc(Br)ccc3n2)c1C. The minimum Gasteiger partial charge on any atom is -0.332 e. The summed E-state index contributed by atoms with van der Waals surface area (Å²) in [4.78, 5) is 16.5. The zero-order valence-corrected chi connectivity index (χ0v) is 14.5. The van der Waals surface area contributed by atoms with Gasteiger partial charge in [-0.25, -0.2) is 9.78 Å². The zero-order chi connectivity index (χ0) is 16.4. The molecular weight excluding hydrogens is 356 g/mol. The van der Waals surface area contributed by atoms with E-state index in [0.717, 1.165) is 32.6 Å². The number of anilines is 1. The van der Waals surface area contributed by atoms with E-state index in [1.54, 1.807) is 0 Å². The Bertz CT molecular complexity index is 872. The zero-order valence-electron chi connectivity index (χ0n) is 12.9. The number of nitrogens with zero attached hydrogens (tertiary/aromatic N) is 2. The van der Waals surface area contributed by atoms with E-state index in [0.29, 0.717) is 6.54 Å². The van der Waals surface area contributed by atoms with Crippen LogP contribution in [0.1, 0.15) is 16.8 Å². The molecule has 23 heavy (non-hydrogen) atoms. The maximum atomic E-state index is 12.1. The number of hydrogen-bond donors (Lipinski definition) is 2. The lowest BCUT2D eigenvalue weighted by atomic mass is 10.1. The van der Waals surface area contributed by atoms with Crippen LogP contribution in [0.15, 0.2) is 47.2 Å². The highest BCUT2D eigenvalue weighted by molar-refractivity contribution is 9.10. The van der Waals surface area contributed by atoms with Crippen LogP contribution in [0.5, 0.6) is 0 Å². The molecule has 0 aliphatic carbocycles. The predicted molar refractivity (Wildman–Crippen MR) is 94.7 cm³/mol. The minimum absolute atomic E-state index is 0.239. The number of urea groups is 1. The Labute approximate surface area is 142 Å². The van der Waals surface area contributed by atoms with Crippen molar-refractivity contribution in [1.82, 2.24) is 14.7 Å². The molecule has 0 spiro atoms. The number of rotatable bonds is 3. The first-order chi connectivity index (χ1) is 11.0. The van der Waals surface area contributed by atoms with Crippen LogP contribution in [0.2, 0.25) is 0 Å². The van der Waals surface area contributed by atoms with Gasteiger partial charge in [-0.2, -0.15) is 0 Å². The van der Waals surface area contributed by atoms with E-state index >= 15 is 0 Å². The molecule has 118 valence electrons. The van der Waals surface area contributed by atoms with Gasteiger partial charge >= 0.3 is 6.03 Å². The van der Waals surface area contributed by atoms with E-state index < -0.39 is 0 Å². The number of aryl methyl sites for hydroxylation is 1. The second-order valence-corrected chi connectivity index (χ2v) is 6.32. The molecule has 6 heteroatoms. The number of amides is 2. The van der Waals surface area contributed by atoms with Crippen LogP contribution < -0.4 is 10.6 Å². The summed E-state index contributed by atoms with van der Waals surface area (Å²) in [6.07, 6.45) is 3.83. The summed E-state index contributed by atoms with van der Waals surface area (Å²) in [7, 11) is 0. The fraction of sp³-hybridized carbons (Fsp3) is 0.176. The lowest BCUT2D eigenvalue weighted by Crippen LogP contribution is -2.28. The van der Waals surface area contributed by atoms with Gasteiger partial charge in [-0.15, -0.1) is 0 Å². The first kappa shape index (κ1) is 15.6. The molecule has 0 fully saturated rings. The molecule has 0 radical (unpaired) electrons. The first-order valence-corrected chi connectivity index (χ1v) is 8.06. The van der Waals surface area contributed by atoms with Crippen molar-refractivity contribution in [1.29, 1.82) is 0 Å². The number of benzene rings is 1. The van der Waals surface area contributed by atoms with Gasteiger partial charge in [0.15, 0.2) is 0 Å². The average Bonchev–Trinajstić information content (AvgIpc) is 2.92. The average molecular weight is 373 g/mol. The first-order valence-electron chi connectivity index (χ1n) is 7.27. The molecule has 0 unspecified atom stereocenters. The molecule has 0 bridgehead atoms. The van der Waals surface area contributed by atoms with Crippen LogP contribution in [-0.2, 0) is 6.54 Å². The largest absolute Gasteiger partial charge is 0.332 e. The number of imidazole rings is 1. The van der Waals surface area contributed by atoms with Gasteiger partial charge in [-0.3, -0.25) is 0 Å². The normalized spacial score (nSPS) is 10.7. The summed E-state index contributed by atoms with van der Waals surface area (Å²) in [6, 6.07) is 9.46. The Morgan fingerprint density at radius 3 is 2.87 bits per heavy atom. The summed E-state index contributed by atoms with van der Waals surface area (Å²) < 4.78 is 2.90. The fourth-order valence-electron chi connectivity index (χ4n) is 2.33. The number of halogens is 1. The standard InChI is InChI=1S/C17H17BrN4O/c1-11-4-3-5-15(12(11)2)21-17(23)19-8-14-10-22-9-13(18)6-7-16(22)20-14/h3-7,9-10H,8H2,1-2H3,(H2,19,21,23). The molecule has 2 N–H and O–H groups in total. The Morgan fingerprint density at radius 2 is 2.04 bits per heavy atom. The van der Waals surface area contributed by atoms with Gasteiger partial charge in [0.05, 0.1) is 12.2 Å². The van der Waals surface area contributed by atoms with Gasteiger partial charge in [0, 0.05) is 22.6 Å². The molecule has 5 nitrogen and oxygen atoms in total. The highest BCUT2D eigenvalue weighted by Gasteiger charge is 2.07. The van der Waals surface area contributed by atoms with E-state index in [2.05, 4.69) is 31.5 Å². The highest BCUT2D eigenvalue weighted by Crippen LogP contribution is 2.17. The van der Waals surface area contributed by atoms with E-state index in [1.165, 1.54) is 0 Å². The smallest absolute Gasteiger partial charge is 0.319 e. The molecule has 0 saturated carbocycles. The number of nitrogens with one attached hydrogen (secondary N) is 2. The molecule has 2 heterocycles. The van der Waals surface area contributed by atoms with Crippen molar-refractivity contribution in [3.63, 3.8) is 0 Å². The van der Waals surface area contributed by atoms with Gasteiger partial charge in [-0.1, -0.05) is 12.1 Å². The number of hydrogen-bond acceptors (Lipinski definition) is 2. The van der Waals surface area contributed by atoms with Gasteiger partial charge in [0.25, 0.3) is 0 Å². The van der Waals surface area contributed by atoms with Crippen molar-refractivity contribution >= 4 is 33.3 Å². The monoisotopic (exact) mass is 372 g/mol. The van der Waals surface area contributed by atoms with Crippen LogP contribution >= 0.6 is 15.9 Å². The van der Waals surface area contributed by atoms with Crippen molar-refractivity contribution in [2.75, 3.05) is 5.32 Å². The Kier molecular flexibility index (Phi) is 4.34. The van der Waals surface area contributed by atoms with Crippen LogP contribution in [-0.4, -0.2) is 15.4 Å². The van der Waals surface area contributed by atoms with Crippen LogP contribution in [0, 0.1) is 13.8 Å². The Balaban J connectivity index is 1.65. The lowest BCUT2D eigenvalue weighted by Gasteiger charge is -2.10. The van der Waals surface area contributed by atoms with Crippen molar-refractivity contribution < 1.29 is 4.79 Å². The van der Waals surface area contributed by atoms with E-state index in [1.807, 2.05) is 61.0 Å². The maximum Gasteiger partial charge on any atom is 0.319 e. The molecule has 0 aliphatic heterocycles. The number of fused-ring (bicyclic) bond motifs is 1. The van der Waals surface area contributed by atoms with Gasteiger partial charge < -0.3 is 15.0 Å². The molecule has 1 aromatic carbocycles. The van der Waals surface area contributed by atoms with Crippen LogP contribution in [0.3, 0.4) is 0 Å². The minimum atomic E-state index is -0.239. The molecule has 0 aliphatic rings. The third-order valence-electron chi connectivity index (χ3n) is 3.75. The molecule has 0 atom stereocenters. The molecule has 3 aromatic rings. The van der Waals surface area contributed by atoms with E-state index in [9.17, 15) is 4.79 Å². The number of carbonyl (C=O) groups is 1. The molecule has 3 rings (SSSR count). The highest BCUT2D eigenvalue weighted by atomic mass is 79.9. The van der Waals surface area contributed by atoms with E-state index in [-0.39, 0.29) is 6.03 Å². The van der Waals surface area contributed by atoms with Crippen molar-refractivity contribution in [3.8, 4) is 0 Å². The number of aromatic nitrogens is 2. The Hall–Kier alpha value is -2.34. The molecule has 0 saturated heterocycles. The van der Waals surface area contributed by atoms with Crippen molar-refractivity contribution in [2.45, 2.75) is 20.4 Å². The third kappa shape index (κ3) is 3.53. The third-order valence-corrected chi connectivity index (χ3v) is 4.22. The van der Waals surface area contributed by atoms with E-state index in [4.69, 9.17) is 0 Å². The molecule has 2 aromatic heterocycles. The van der Waals surface area contributed by atoms with Gasteiger partial charge in [-0.05, 0) is 59.1 Å². The number of pyridine rings is 1. The van der Waals surface area contributed by atoms with Crippen LogP contribution in [0.4, 0.5) is 10.5 Å². The molecular formula is C17H17BrN4O. The van der Waals surface area contributed by atoms with Gasteiger partial charge in [0.2, 0.25) is 0 Å². The summed E-state index contributed by atoms with van der Waals surface area (Å²) >= 11 is 3.43. The van der Waals surface area contributed by atoms with Crippen molar-refractivity contribution in [3.05, 3.63) is 64.0 Å². The summed E-state index contributed by atoms with van der Waals surface area (Å²) in [5, 5.41) is 5.70. The second-order valence-electron chi connectivity index (χ2n) is 5.40. The lowest BCUT2D eigenvalue weighted by molar-refractivity contribution is 0.251. The summed E-state index contributed by atoms with van der Waals surface area (Å²) in [6.45, 7) is 4.38. The topological polar surface area (TPSA) is 58.4 Å². The number of carbonyl (C=O) groups excluding carboxylic acids is 1. The van der Waals surface area contributed by atoms with Gasteiger partial charge in [0.1, 0.15) is 5.65 Å². The Morgan fingerprint density at radius 1 is 1.22 bits per heavy atom. The summed E-state index contributed by atoms with van der Waals surface area (Å²) in [5.74, 6) is 0. The fourth-order valence-corrected chi connectivity index (χ4v) is 2.68. The second kappa shape index (κ2) is 6.42. The quantitative estimate of drug-likeness (QED) is 0.728. The molecule has 2 amide bonds. The maximum absolute atomic E-state index is 12.1. The summed E-state index contributed by atoms with van der Waals surface area (Å²) in [5.41, 5.74) is 4.69. The van der Waals surface area contributed by atoms with Crippen molar-refractivity contribution in [2.24, 2.45) is 0 Å². The van der Waals surface area contributed by atoms with Crippen LogP contribution in [0.25, 0.3) is 5.65 Å².